The Labute approximate surface area is 88.3 Å². The van der Waals surface area contributed by atoms with E-state index in [1.807, 2.05) is 6.08 Å². The summed E-state index contributed by atoms with van der Waals surface area (Å²) in [6, 6.07) is 0. The Balaban J connectivity index is 1.99. The van der Waals surface area contributed by atoms with Crippen LogP contribution in [-0.4, -0.2) is 15.7 Å². The quantitative estimate of drug-likeness (QED) is 0.567. The number of hydrogen-bond acceptors (Lipinski definition) is 2. The highest BCUT2D eigenvalue weighted by atomic mass is 79.9. The van der Waals surface area contributed by atoms with E-state index in [4.69, 9.17) is 4.74 Å². The van der Waals surface area contributed by atoms with Crippen LogP contribution in [0.5, 0.6) is 0 Å². The number of hydrogen-bond donors (Lipinski definition) is 0. The highest BCUT2D eigenvalue weighted by Crippen LogP contribution is 2.30. The fourth-order valence-corrected chi connectivity index (χ4v) is 2.37. The molecule has 1 fully saturated rings. The molecule has 0 radical (unpaired) electrons. The molecule has 12 heavy (non-hydrogen) atoms. The minimum absolute atomic E-state index is 0.172. The maximum atomic E-state index is 5.66. The molecule has 0 aromatic rings. The van der Waals surface area contributed by atoms with Crippen LogP contribution in [0.25, 0.3) is 0 Å². The first kappa shape index (κ1) is 8.75. The van der Waals surface area contributed by atoms with Crippen molar-refractivity contribution in [1.82, 2.24) is 0 Å². The van der Waals surface area contributed by atoms with E-state index in [-0.39, 0.29) is 4.95 Å². The number of halogens is 2. The van der Waals surface area contributed by atoms with Crippen LogP contribution in [0.2, 0.25) is 0 Å². The van der Waals surface area contributed by atoms with Gasteiger partial charge >= 0.3 is 0 Å². The van der Waals surface area contributed by atoms with Crippen LogP contribution in [0.15, 0.2) is 16.8 Å². The molecule has 1 heterocycles. The molecule has 0 spiro atoms. The van der Waals surface area contributed by atoms with Crippen molar-refractivity contribution in [1.29, 1.82) is 0 Å². The lowest BCUT2D eigenvalue weighted by Crippen LogP contribution is -2.08. The van der Waals surface area contributed by atoms with Crippen LogP contribution < -0.4 is 0 Å². The molecule has 0 bridgehead atoms. The largest absolute Gasteiger partial charge is 0.495 e. The number of dihydropyridines is 1. The van der Waals surface area contributed by atoms with Crippen LogP contribution in [0.4, 0.5) is 0 Å². The predicted molar refractivity (Wildman–Crippen MR) is 55.9 cm³/mol. The Morgan fingerprint density at radius 3 is 2.83 bits per heavy atom. The Morgan fingerprint density at radius 2 is 2.25 bits per heavy atom. The zero-order valence-corrected chi connectivity index (χ0v) is 9.64. The lowest BCUT2D eigenvalue weighted by atomic mass is 10.3. The monoisotopic (exact) mass is 293 g/mol. The molecule has 2 nitrogen and oxygen atoms in total. The van der Waals surface area contributed by atoms with E-state index >= 15 is 0 Å². The van der Waals surface area contributed by atoms with Crippen LogP contribution in [0, 0.1) is 0 Å². The molecule has 0 saturated heterocycles. The first-order valence-corrected chi connectivity index (χ1v) is 5.69. The van der Waals surface area contributed by atoms with Gasteiger partial charge in [-0.25, -0.2) is 0 Å². The molecule has 1 saturated carbocycles. The van der Waals surface area contributed by atoms with Crippen molar-refractivity contribution in [2.24, 2.45) is 4.99 Å². The third-order valence-corrected chi connectivity index (χ3v) is 2.72. The third kappa shape index (κ3) is 2.33. The molecule has 0 N–H and O–H groups in total. The van der Waals surface area contributed by atoms with Gasteiger partial charge in [-0.2, -0.15) is 0 Å². The average molecular weight is 295 g/mol. The van der Waals surface area contributed by atoms with Gasteiger partial charge in [0, 0.05) is 12.5 Å². The van der Waals surface area contributed by atoms with Crippen molar-refractivity contribution in [2.75, 3.05) is 0 Å². The van der Waals surface area contributed by atoms with Gasteiger partial charge in [0.05, 0.1) is 6.10 Å². The van der Waals surface area contributed by atoms with Gasteiger partial charge in [-0.15, -0.1) is 0 Å². The lowest BCUT2D eigenvalue weighted by molar-refractivity contribution is 0.187. The zero-order chi connectivity index (χ0) is 8.55. The summed E-state index contributed by atoms with van der Waals surface area (Å²) in [5.41, 5.74) is 0. The van der Waals surface area contributed by atoms with E-state index in [1.54, 1.807) is 0 Å². The Kier molecular flexibility index (Phi) is 2.55. The maximum absolute atomic E-state index is 5.66. The fraction of sp³-hybridized carbons (Fsp3) is 0.625. The topological polar surface area (TPSA) is 21.6 Å². The van der Waals surface area contributed by atoms with E-state index in [0.29, 0.717) is 6.10 Å². The van der Waals surface area contributed by atoms with Crippen LogP contribution >= 0.6 is 31.9 Å². The molecule has 1 unspecified atom stereocenters. The van der Waals surface area contributed by atoms with Crippen molar-refractivity contribution in [3.8, 4) is 0 Å². The zero-order valence-electron chi connectivity index (χ0n) is 6.46. The first-order valence-electron chi connectivity index (χ1n) is 3.98. The van der Waals surface area contributed by atoms with E-state index in [1.165, 1.54) is 12.8 Å². The SMILES string of the molecule is BrC1=NC(Br)CC(OC2CC2)=C1. The van der Waals surface area contributed by atoms with Crippen molar-refractivity contribution >= 4 is 36.5 Å². The molecule has 4 heteroatoms. The van der Waals surface area contributed by atoms with E-state index in [0.717, 1.165) is 16.8 Å². The second-order valence-corrected chi connectivity index (χ2v) is 4.89. The third-order valence-electron chi connectivity index (χ3n) is 1.76. The molecule has 0 amide bonds. The molecule has 1 atom stereocenters. The molecule has 1 aliphatic heterocycles. The van der Waals surface area contributed by atoms with Gasteiger partial charge in [0.25, 0.3) is 0 Å². The fourth-order valence-electron chi connectivity index (χ4n) is 1.06. The van der Waals surface area contributed by atoms with Gasteiger partial charge in [0.2, 0.25) is 0 Å². The molecule has 1 aliphatic carbocycles. The molecule has 2 rings (SSSR count). The molecule has 0 aromatic heterocycles. The summed E-state index contributed by atoms with van der Waals surface area (Å²) < 4.78 is 6.53. The highest BCUT2D eigenvalue weighted by Gasteiger charge is 2.26. The van der Waals surface area contributed by atoms with Gasteiger partial charge in [-0.05, 0) is 28.8 Å². The van der Waals surface area contributed by atoms with Gasteiger partial charge in [-0.3, -0.25) is 4.99 Å². The smallest absolute Gasteiger partial charge is 0.113 e. The Hall–Kier alpha value is 0.170. The van der Waals surface area contributed by atoms with Crippen molar-refractivity contribution in [3.63, 3.8) is 0 Å². The van der Waals surface area contributed by atoms with Crippen LogP contribution in [0.1, 0.15) is 19.3 Å². The summed E-state index contributed by atoms with van der Waals surface area (Å²) in [5.74, 6) is 1.04. The normalized spacial score (nSPS) is 29.3. The summed E-state index contributed by atoms with van der Waals surface area (Å²) in [7, 11) is 0. The van der Waals surface area contributed by atoms with E-state index < -0.39 is 0 Å². The summed E-state index contributed by atoms with van der Waals surface area (Å²) in [4.78, 5) is 4.43. The molecule has 0 aromatic carbocycles. The number of allylic oxidation sites excluding steroid dienone is 1. The lowest BCUT2D eigenvalue weighted by Gasteiger charge is -2.15. The van der Waals surface area contributed by atoms with E-state index in [9.17, 15) is 0 Å². The number of ether oxygens (including phenoxy) is 1. The van der Waals surface area contributed by atoms with Crippen LogP contribution in [-0.2, 0) is 4.74 Å². The number of rotatable bonds is 2. The molecular weight excluding hydrogens is 286 g/mol. The maximum Gasteiger partial charge on any atom is 0.113 e. The summed E-state index contributed by atoms with van der Waals surface area (Å²) >= 11 is 6.78. The Morgan fingerprint density at radius 1 is 1.50 bits per heavy atom. The Bertz CT molecular complexity index is 245. The van der Waals surface area contributed by atoms with Crippen molar-refractivity contribution in [3.05, 3.63) is 11.8 Å². The van der Waals surface area contributed by atoms with Gasteiger partial charge in [0.1, 0.15) is 15.3 Å². The number of nitrogens with zero attached hydrogens (tertiary/aromatic N) is 1. The summed E-state index contributed by atoms with van der Waals surface area (Å²) in [5, 5.41) is 0. The average Bonchev–Trinajstić information content (AvgIpc) is 2.68. The first-order chi connectivity index (χ1) is 5.74. The minimum atomic E-state index is 0.172. The van der Waals surface area contributed by atoms with Gasteiger partial charge < -0.3 is 4.74 Å². The van der Waals surface area contributed by atoms with Crippen LogP contribution in [0.3, 0.4) is 0 Å². The summed E-state index contributed by atoms with van der Waals surface area (Å²) in [6.45, 7) is 0. The van der Waals surface area contributed by atoms with Gasteiger partial charge in [0.15, 0.2) is 0 Å². The molecule has 2 aliphatic rings. The highest BCUT2D eigenvalue weighted by molar-refractivity contribution is 9.18. The number of aliphatic imine (C=N–C) groups is 1. The van der Waals surface area contributed by atoms with E-state index in [2.05, 4.69) is 36.9 Å². The minimum Gasteiger partial charge on any atom is -0.495 e. The second kappa shape index (κ2) is 3.50. The predicted octanol–water partition coefficient (Wildman–Crippen LogP) is 2.97. The number of alkyl halides is 1. The van der Waals surface area contributed by atoms with Crippen molar-refractivity contribution in [2.45, 2.75) is 30.3 Å². The second-order valence-electron chi connectivity index (χ2n) is 3.02. The standard InChI is InChI=1S/C8H9Br2NO/c9-7-3-6(4-8(10)11-7)12-5-1-2-5/h3,5,8H,1-2,4H2. The molecule has 66 valence electrons. The van der Waals surface area contributed by atoms with Gasteiger partial charge in [-0.1, -0.05) is 15.9 Å². The summed E-state index contributed by atoms with van der Waals surface area (Å²) in [6.07, 6.45) is 5.72. The molecular formula is C8H9Br2NO. The van der Waals surface area contributed by atoms with Crippen molar-refractivity contribution < 1.29 is 4.74 Å².